The summed E-state index contributed by atoms with van der Waals surface area (Å²) in [6, 6.07) is -0.250. The van der Waals surface area contributed by atoms with E-state index in [1.807, 2.05) is 0 Å². The van der Waals surface area contributed by atoms with Gasteiger partial charge in [0.25, 0.3) is 5.91 Å². The third-order valence-electron chi connectivity index (χ3n) is 3.91. The first-order chi connectivity index (χ1) is 8.58. The summed E-state index contributed by atoms with van der Waals surface area (Å²) in [7, 11) is 0. The maximum atomic E-state index is 12.2. The Hall–Kier alpha value is -2.05. The van der Waals surface area contributed by atoms with E-state index in [0.717, 1.165) is 12.8 Å². The molecule has 2 aliphatic rings. The van der Waals surface area contributed by atoms with E-state index in [4.69, 9.17) is 5.11 Å². The number of aromatic amines is 2. The molecule has 2 bridgehead atoms. The molecule has 3 heterocycles. The molecule has 1 amide bonds. The summed E-state index contributed by atoms with van der Waals surface area (Å²) in [6.45, 7) is 0. The number of amides is 1. The van der Waals surface area contributed by atoms with Crippen molar-refractivity contribution in [1.29, 1.82) is 0 Å². The number of hydrogen-bond donors (Lipinski definition) is 3. The second-order valence-corrected chi connectivity index (χ2v) is 4.85. The molecule has 96 valence electrons. The molecule has 3 atom stereocenters. The van der Waals surface area contributed by atoms with E-state index in [9.17, 15) is 14.4 Å². The molecular weight excluding hydrogens is 238 g/mol. The maximum Gasteiger partial charge on any atom is 0.323 e. The van der Waals surface area contributed by atoms with E-state index in [-0.39, 0.29) is 23.7 Å². The molecule has 3 unspecified atom stereocenters. The molecule has 0 saturated carbocycles. The van der Waals surface area contributed by atoms with E-state index in [1.54, 1.807) is 4.90 Å². The van der Waals surface area contributed by atoms with Crippen LogP contribution in [0.1, 0.15) is 29.8 Å². The van der Waals surface area contributed by atoms with Gasteiger partial charge in [-0.05, 0) is 19.3 Å². The number of carboxylic acids is 1. The van der Waals surface area contributed by atoms with Crippen molar-refractivity contribution in [3.63, 3.8) is 0 Å². The number of aromatic nitrogens is 2. The van der Waals surface area contributed by atoms with Crippen molar-refractivity contribution >= 4 is 11.9 Å². The molecule has 2 saturated heterocycles. The summed E-state index contributed by atoms with van der Waals surface area (Å²) >= 11 is 0. The zero-order chi connectivity index (χ0) is 12.9. The van der Waals surface area contributed by atoms with Gasteiger partial charge in [0.15, 0.2) is 0 Å². The van der Waals surface area contributed by atoms with Gasteiger partial charge >= 0.3 is 11.7 Å². The lowest BCUT2D eigenvalue weighted by Gasteiger charge is -2.22. The van der Waals surface area contributed by atoms with E-state index < -0.39 is 17.6 Å². The molecule has 0 aromatic carbocycles. The Kier molecular flexibility index (Phi) is 2.29. The zero-order valence-corrected chi connectivity index (χ0v) is 9.55. The van der Waals surface area contributed by atoms with Crippen LogP contribution in [0.15, 0.2) is 11.0 Å². The van der Waals surface area contributed by atoms with Crippen molar-refractivity contribution in [2.24, 2.45) is 5.92 Å². The number of fused-ring (bicyclic) bond motifs is 2. The number of aliphatic carboxylic acids is 1. The van der Waals surface area contributed by atoms with Crippen molar-refractivity contribution in [3.05, 3.63) is 22.4 Å². The van der Waals surface area contributed by atoms with Crippen LogP contribution in [0.4, 0.5) is 0 Å². The molecule has 7 heteroatoms. The summed E-state index contributed by atoms with van der Waals surface area (Å²) in [5.74, 6) is -1.61. The molecule has 1 aromatic heterocycles. The lowest BCUT2D eigenvalue weighted by atomic mass is 9.89. The van der Waals surface area contributed by atoms with E-state index >= 15 is 0 Å². The number of imidazole rings is 1. The van der Waals surface area contributed by atoms with E-state index in [0.29, 0.717) is 6.42 Å². The molecule has 0 spiro atoms. The smallest absolute Gasteiger partial charge is 0.323 e. The first kappa shape index (κ1) is 11.1. The number of H-pyrrole nitrogens is 2. The number of nitrogens with one attached hydrogen (secondary N) is 2. The topological polar surface area (TPSA) is 106 Å². The number of hydrogen-bond acceptors (Lipinski definition) is 3. The molecule has 2 aliphatic heterocycles. The molecule has 2 fully saturated rings. The highest BCUT2D eigenvalue weighted by atomic mass is 16.4. The third kappa shape index (κ3) is 1.47. The minimum absolute atomic E-state index is 0.0120. The lowest BCUT2D eigenvalue weighted by molar-refractivity contribution is -0.142. The number of nitrogens with zero attached hydrogens (tertiary/aromatic N) is 1. The van der Waals surface area contributed by atoms with Gasteiger partial charge in [-0.15, -0.1) is 0 Å². The van der Waals surface area contributed by atoms with E-state index in [2.05, 4.69) is 9.97 Å². The van der Waals surface area contributed by atoms with Crippen molar-refractivity contribution in [2.75, 3.05) is 0 Å². The molecule has 0 aliphatic carbocycles. The number of carboxylic acid groups (broad SMARTS) is 1. The molecular formula is C11H13N3O4. The van der Waals surface area contributed by atoms with Gasteiger partial charge in [0.2, 0.25) is 0 Å². The normalized spacial score (nSPS) is 29.8. The third-order valence-corrected chi connectivity index (χ3v) is 3.91. The average Bonchev–Trinajstić information content (AvgIpc) is 3.01. The highest BCUT2D eigenvalue weighted by Crippen LogP contribution is 2.42. The summed E-state index contributed by atoms with van der Waals surface area (Å²) in [5, 5.41) is 9.11. The van der Waals surface area contributed by atoms with Crippen LogP contribution in [-0.4, -0.2) is 43.9 Å². The largest absolute Gasteiger partial charge is 0.481 e. The number of carbonyl (C=O) groups is 2. The summed E-state index contributed by atoms with van der Waals surface area (Å²) < 4.78 is 0. The summed E-state index contributed by atoms with van der Waals surface area (Å²) in [4.78, 5) is 40.7. The predicted octanol–water partition coefficient (Wildman–Crippen LogP) is -0.219. The van der Waals surface area contributed by atoms with Gasteiger partial charge in [-0.1, -0.05) is 0 Å². The highest BCUT2D eigenvalue weighted by molar-refractivity contribution is 5.93. The van der Waals surface area contributed by atoms with E-state index in [1.165, 1.54) is 6.20 Å². The lowest BCUT2D eigenvalue weighted by Crippen LogP contribution is -2.38. The molecule has 3 rings (SSSR count). The van der Waals surface area contributed by atoms with Crippen LogP contribution in [0.2, 0.25) is 0 Å². The van der Waals surface area contributed by atoms with Gasteiger partial charge in [-0.25, -0.2) is 4.79 Å². The Morgan fingerprint density at radius 2 is 2.17 bits per heavy atom. The zero-order valence-electron chi connectivity index (χ0n) is 9.55. The van der Waals surface area contributed by atoms with Gasteiger partial charge in [0.1, 0.15) is 5.69 Å². The standard InChI is InChI=1S/C11H13N3O4/c15-9(7-4-12-11(18)13-7)14-5-1-2-8(14)6(3-5)10(16)17/h4-6,8H,1-3H2,(H,16,17)(H2,12,13,18). The van der Waals surface area contributed by atoms with Crippen molar-refractivity contribution in [2.45, 2.75) is 31.3 Å². The monoisotopic (exact) mass is 251 g/mol. The fraction of sp³-hybridized carbons (Fsp3) is 0.545. The van der Waals surface area contributed by atoms with Crippen LogP contribution in [-0.2, 0) is 4.79 Å². The Morgan fingerprint density at radius 3 is 2.72 bits per heavy atom. The second kappa shape index (κ2) is 3.72. The first-order valence-corrected chi connectivity index (χ1v) is 5.91. The quantitative estimate of drug-likeness (QED) is 0.675. The second-order valence-electron chi connectivity index (χ2n) is 4.85. The first-order valence-electron chi connectivity index (χ1n) is 5.91. The minimum Gasteiger partial charge on any atom is -0.481 e. The number of carbonyl (C=O) groups excluding carboxylic acids is 1. The average molecular weight is 251 g/mol. The van der Waals surface area contributed by atoms with Crippen LogP contribution in [0, 0.1) is 5.92 Å². The van der Waals surface area contributed by atoms with Crippen LogP contribution in [0.5, 0.6) is 0 Å². The van der Waals surface area contributed by atoms with Gasteiger partial charge in [-0.2, -0.15) is 0 Å². The van der Waals surface area contributed by atoms with Crippen molar-refractivity contribution < 1.29 is 14.7 Å². The maximum absolute atomic E-state index is 12.2. The SMILES string of the molecule is O=C(O)C1CC2CCC1N2C(=O)c1c[nH]c(=O)[nH]1. The fourth-order valence-electron chi connectivity index (χ4n) is 3.16. The van der Waals surface area contributed by atoms with Gasteiger partial charge < -0.3 is 20.0 Å². The van der Waals surface area contributed by atoms with Crippen LogP contribution < -0.4 is 5.69 Å². The summed E-state index contributed by atoms with van der Waals surface area (Å²) in [5.41, 5.74) is -0.234. The van der Waals surface area contributed by atoms with Crippen LogP contribution >= 0.6 is 0 Å². The molecule has 1 aromatic rings. The van der Waals surface area contributed by atoms with Crippen LogP contribution in [0.3, 0.4) is 0 Å². The van der Waals surface area contributed by atoms with Gasteiger partial charge in [-0.3, -0.25) is 9.59 Å². The Balaban J connectivity index is 1.88. The molecule has 0 radical (unpaired) electrons. The predicted molar refractivity (Wildman–Crippen MR) is 60.1 cm³/mol. The van der Waals surface area contributed by atoms with Crippen LogP contribution in [0.25, 0.3) is 0 Å². The van der Waals surface area contributed by atoms with Crippen molar-refractivity contribution in [1.82, 2.24) is 14.9 Å². The minimum atomic E-state index is -0.845. The summed E-state index contributed by atoms with van der Waals surface area (Å²) in [6.07, 6.45) is 3.41. The van der Waals surface area contributed by atoms with Crippen molar-refractivity contribution in [3.8, 4) is 0 Å². The Labute approximate surface area is 102 Å². The van der Waals surface area contributed by atoms with Gasteiger partial charge in [0.05, 0.1) is 5.92 Å². The van der Waals surface area contributed by atoms with Gasteiger partial charge in [0, 0.05) is 18.3 Å². The number of rotatable bonds is 2. The molecule has 7 nitrogen and oxygen atoms in total. The fourth-order valence-corrected chi connectivity index (χ4v) is 3.16. The molecule has 18 heavy (non-hydrogen) atoms. The molecule has 3 N–H and O–H groups in total. The highest BCUT2D eigenvalue weighted by Gasteiger charge is 2.51. The Morgan fingerprint density at radius 1 is 1.39 bits per heavy atom. The Bertz CT molecular complexity index is 561.